The van der Waals surface area contributed by atoms with E-state index < -0.39 is 0 Å². The number of rotatable bonds is 3. The van der Waals surface area contributed by atoms with Crippen molar-refractivity contribution in [3.8, 4) is 0 Å². The fraction of sp³-hybridized carbons (Fsp3) is 0.412. The van der Waals surface area contributed by atoms with Crippen LogP contribution in [0.15, 0.2) is 42.5 Å². The van der Waals surface area contributed by atoms with Crippen molar-refractivity contribution in [2.24, 2.45) is 5.41 Å². The van der Waals surface area contributed by atoms with Crippen molar-refractivity contribution in [1.29, 1.82) is 0 Å². The van der Waals surface area contributed by atoms with Crippen LogP contribution in [0.2, 0.25) is 0 Å². The van der Waals surface area contributed by atoms with Crippen molar-refractivity contribution < 1.29 is 5.11 Å². The van der Waals surface area contributed by atoms with Crippen molar-refractivity contribution in [2.45, 2.75) is 39.0 Å². The van der Waals surface area contributed by atoms with E-state index in [0.29, 0.717) is 6.04 Å². The van der Waals surface area contributed by atoms with Crippen LogP contribution in [-0.4, -0.2) is 17.3 Å². The topological polar surface area (TPSA) is 32.3 Å². The monoisotopic (exact) mass is 255 g/mol. The second-order valence-corrected chi connectivity index (χ2v) is 6.19. The maximum atomic E-state index is 9.74. The smallest absolute Gasteiger partial charge is 0.0621 e. The van der Waals surface area contributed by atoms with Crippen LogP contribution in [-0.2, 0) is 6.54 Å². The van der Waals surface area contributed by atoms with E-state index in [9.17, 15) is 5.11 Å². The molecule has 0 amide bonds. The lowest BCUT2D eigenvalue weighted by Crippen LogP contribution is -2.59. The minimum absolute atomic E-state index is 0.00313. The molecule has 2 aromatic rings. The third kappa shape index (κ3) is 2.26. The summed E-state index contributed by atoms with van der Waals surface area (Å²) in [6.07, 6.45) is 0.697. The maximum Gasteiger partial charge on any atom is 0.0621 e. The van der Waals surface area contributed by atoms with Gasteiger partial charge in [0.1, 0.15) is 0 Å². The highest BCUT2D eigenvalue weighted by Crippen LogP contribution is 2.40. The van der Waals surface area contributed by atoms with Crippen LogP contribution in [0.1, 0.15) is 25.8 Å². The Hall–Kier alpha value is -1.38. The summed E-state index contributed by atoms with van der Waals surface area (Å²) in [5.74, 6) is 0. The first-order chi connectivity index (χ1) is 9.07. The lowest BCUT2D eigenvalue weighted by molar-refractivity contribution is -0.0729. The summed E-state index contributed by atoms with van der Waals surface area (Å²) in [5, 5.41) is 15.9. The minimum atomic E-state index is -0.165. The molecule has 19 heavy (non-hydrogen) atoms. The molecule has 0 bridgehead atoms. The molecule has 2 N–H and O–H groups in total. The van der Waals surface area contributed by atoms with Gasteiger partial charge in [0.15, 0.2) is 0 Å². The van der Waals surface area contributed by atoms with Crippen molar-refractivity contribution in [2.75, 3.05) is 0 Å². The molecule has 1 aliphatic carbocycles. The fourth-order valence-electron chi connectivity index (χ4n) is 2.84. The second-order valence-electron chi connectivity index (χ2n) is 6.19. The summed E-state index contributed by atoms with van der Waals surface area (Å²) in [4.78, 5) is 0. The number of nitrogens with one attached hydrogen (secondary N) is 1. The lowest BCUT2D eigenvalue weighted by atomic mass is 9.64. The molecule has 3 rings (SSSR count). The third-order valence-corrected chi connectivity index (χ3v) is 4.58. The molecule has 0 aliphatic heterocycles. The molecule has 0 aromatic heterocycles. The summed E-state index contributed by atoms with van der Waals surface area (Å²) in [6.45, 7) is 5.12. The zero-order chi connectivity index (χ0) is 13.5. The summed E-state index contributed by atoms with van der Waals surface area (Å²) < 4.78 is 0. The van der Waals surface area contributed by atoms with Gasteiger partial charge in [0, 0.05) is 18.0 Å². The Morgan fingerprint density at radius 2 is 1.89 bits per heavy atom. The number of hydrogen-bond acceptors (Lipinski definition) is 2. The van der Waals surface area contributed by atoms with Crippen LogP contribution in [0.25, 0.3) is 10.8 Å². The molecule has 2 unspecified atom stereocenters. The average molecular weight is 255 g/mol. The van der Waals surface area contributed by atoms with Crippen molar-refractivity contribution in [1.82, 2.24) is 5.32 Å². The Balaban J connectivity index is 1.69. The molecule has 2 atom stereocenters. The quantitative estimate of drug-likeness (QED) is 0.883. The van der Waals surface area contributed by atoms with Gasteiger partial charge in [-0.25, -0.2) is 0 Å². The van der Waals surface area contributed by atoms with Crippen molar-refractivity contribution in [3.63, 3.8) is 0 Å². The molecular weight excluding hydrogens is 234 g/mol. The summed E-state index contributed by atoms with van der Waals surface area (Å²) in [7, 11) is 0. The van der Waals surface area contributed by atoms with Crippen LogP contribution in [0, 0.1) is 5.41 Å². The Labute approximate surface area is 114 Å². The van der Waals surface area contributed by atoms with Gasteiger partial charge in [0.25, 0.3) is 0 Å². The van der Waals surface area contributed by atoms with E-state index >= 15 is 0 Å². The Morgan fingerprint density at radius 1 is 1.16 bits per heavy atom. The van der Waals surface area contributed by atoms with Gasteiger partial charge in [-0.1, -0.05) is 50.2 Å². The van der Waals surface area contributed by atoms with E-state index in [-0.39, 0.29) is 11.5 Å². The number of benzene rings is 2. The van der Waals surface area contributed by atoms with E-state index in [4.69, 9.17) is 0 Å². The van der Waals surface area contributed by atoms with E-state index in [1.807, 2.05) is 0 Å². The van der Waals surface area contributed by atoms with Crippen LogP contribution in [0.3, 0.4) is 0 Å². The van der Waals surface area contributed by atoms with E-state index in [1.54, 1.807) is 0 Å². The lowest BCUT2D eigenvalue weighted by Gasteiger charge is -2.49. The van der Waals surface area contributed by atoms with Crippen molar-refractivity contribution >= 4 is 10.8 Å². The number of aliphatic hydroxyl groups is 1. The molecule has 0 heterocycles. The molecule has 0 saturated heterocycles. The van der Waals surface area contributed by atoms with Gasteiger partial charge in [-0.15, -0.1) is 0 Å². The van der Waals surface area contributed by atoms with Crippen LogP contribution in [0.5, 0.6) is 0 Å². The maximum absolute atomic E-state index is 9.74. The third-order valence-electron chi connectivity index (χ3n) is 4.58. The van der Waals surface area contributed by atoms with E-state index in [2.05, 4.69) is 61.6 Å². The standard InChI is InChI=1S/C17H21NO/c1-17(2)15(10-16(17)19)18-11-12-7-8-13-5-3-4-6-14(13)9-12/h3-9,15-16,18-19H,10-11H2,1-2H3. The average Bonchev–Trinajstić information content (AvgIpc) is 2.43. The van der Waals surface area contributed by atoms with Crippen LogP contribution in [0.4, 0.5) is 0 Å². The first kappa shape index (κ1) is 12.6. The predicted octanol–water partition coefficient (Wildman–Crippen LogP) is 3.09. The first-order valence-electron chi connectivity index (χ1n) is 6.96. The number of fused-ring (bicyclic) bond motifs is 1. The molecule has 2 nitrogen and oxygen atoms in total. The number of aliphatic hydroxyl groups excluding tert-OH is 1. The zero-order valence-electron chi connectivity index (χ0n) is 11.6. The van der Waals surface area contributed by atoms with Gasteiger partial charge in [0.05, 0.1) is 6.10 Å². The SMILES string of the molecule is CC1(C)C(O)CC1NCc1ccc2ccccc2c1. The van der Waals surface area contributed by atoms with Crippen molar-refractivity contribution in [3.05, 3.63) is 48.0 Å². The van der Waals surface area contributed by atoms with Gasteiger partial charge >= 0.3 is 0 Å². The molecule has 2 heteroatoms. The molecule has 1 saturated carbocycles. The van der Waals surface area contributed by atoms with E-state index in [1.165, 1.54) is 16.3 Å². The van der Waals surface area contributed by atoms with E-state index in [0.717, 1.165) is 13.0 Å². The van der Waals surface area contributed by atoms with Crippen LogP contribution >= 0.6 is 0 Å². The van der Waals surface area contributed by atoms with Gasteiger partial charge < -0.3 is 10.4 Å². The Morgan fingerprint density at radius 3 is 2.58 bits per heavy atom. The van der Waals surface area contributed by atoms with Gasteiger partial charge in [-0.05, 0) is 28.8 Å². The van der Waals surface area contributed by atoms with Gasteiger partial charge in [0.2, 0.25) is 0 Å². The molecule has 0 radical (unpaired) electrons. The Bertz CT molecular complexity index is 591. The molecule has 0 spiro atoms. The fourth-order valence-corrected chi connectivity index (χ4v) is 2.84. The normalized spacial score (nSPS) is 25.2. The largest absolute Gasteiger partial charge is 0.392 e. The predicted molar refractivity (Wildman–Crippen MR) is 79.0 cm³/mol. The molecule has 100 valence electrons. The highest BCUT2D eigenvalue weighted by atomic mass is 16.3. The highest BCUT2D eigenvalue weighted by molar-refractivity contribution is 5.82. The minimum Gasteiger partial charge on any atom is -0.392 e. The van der Waals surface area contributed by atoms with Gasteiger partial charge in [-0.3, -0.25) is 0 Å². The highest BCUT2D eigenvalue weighted by Gasteiger charge is 2.46. The molecule has 1 aliphatic rings. The van der Waals surface area contributed by atoms with Crippen LogP contribution < -0.4 is 5.32 Å². The second kappa shape index (κ2) is 4.62. The summed E-state index contributed by atoms with van der Waals surface area (Å²) in [6, 6.07) is 15.4. The molecule has 2 aromatic carbocycles. The van der Waals surface area contributed by atoms with Gasteiger partial charge in [-0.2, -0.15) is 0 Å². The zero-order valence-corrected chi connectivity index (χ0v) is 11.6. The first-order valence-corrected chi connectivity index (χ1v) is 6.96. The molecular formula is C17H21NO. The summed E-state index contributed by atoms with van der Waals surface area (Å²) in [5.41, 5.74) is 1.30. The number of hydrogen-bond donors (Lipinski definition) is 2. The summed E-state index contributed by atoms with van der Waals surface area (Å²) >= 11 is 0. The Kier molecular flexibility index (Phi) is 3.08. The molecule has 1 fully saturated rings.